The lowest BCUT2D eigenvalue weighted by molar-refractivity contribution is -0.150. The van der Waals surface area contributed by atoms with Crippen molar-refractivity contribution in [2.24, 2.45) is 16.1 Å². The number of nitrogens with two attached hydrogens (primary N) is 1. The van der Waals surface area contributed by atoms with Crippen molar-refractivity contribution < 1.29 is 9.53 Å². The zero-order valence-electron chi connectivity index (χ0n) is 12.7. The SMILES string of the molecule is Cc1cccc(C)c1N=C(N)SCOC(=O)C(C)(C)C. The number of aliphatic imine (C=N–C) groups is 1. The van der Waals surface area contributed by atoms with Crippen LogP contribution in [0.4, 0.5) is 5.69 Å². The molecule has 1 aromatic rings. The molecule has 2 N–H and O–H groups in total. The van der Waals surface area contributed by atoms with Gasteiger partial charge in [0.05, 0.1) is 11.1 Å². The molecule has 0 aromatic heterocycles. The number of hydrogen-bond donors (Lipinski definition) is 1. The van der Waals surface area contributed by atoms with Gasteiger partial charge in [-0.3, -0.25) is 4.79 Å². The molecule has 0 aliphatic carbocycles. The smallest absolute Gasteiger partial charge is 0.312 e. The number of hydrogen-bond acceptors (Lipinski definition) is 4. The van der Waals surface area contributed by atoms with Crippen molar-refractivity contribution in [3.05, 3.63) is 29.3 Å². The maximum Gasteiger partial charge on any atom is 0.312 e. The number of amidine groups is 1. The van der Waals surface area contributed by atoms with Crippen LogP contribution in [-0.4, -0.2) is 17.1 Å². The van der Waals surface area contributed by atoms with Crippen LogP contribution in [0.25, 0.3) is 0 Å². The van der Waals surface area contributed by atoms with Crippen molar-refractivity contribution in [3.63, 3.8) is 0 Å². The molecule has 0 heterocycles. The van der Waals surface area contributed by atoms with Gasteiger partial charge in [-0.05, 0) is 57.5 Å². The minimum absolute atomic E-state index is 0.177. The molecule has 4 nitrogen and oxygen atoms in total. The van der Waals surface area contributed by atoms with Crippen molar-refractivity contribution in [1.29, 1.82) is 0 Å². The lowest BCUT2D eigenvalue weighted by Crippen LogP contribution is -2.23. The summed E-state index contributed by atoms with van der Waals surface area (Å²) < 4.78 is 5.14. The quantitative estimate of drug-likeness (QED) is 0.401. The summed E-state index contributed by atoms with van der Waals surface area (Å²) in [6, 6.07) is 5.96. The normalized spacial score (nSPS) is 12.3. The molecule has 5 heteroatoms. The van der Waals surface area contributed by atoms with E-state index >= 15 is 0 Å². The van der Waals surface area contributed by atoms with Crippen molar-refractivity contribution in [3.8, 4) is 0 Å². The highest BCUT2D eigenvalue weighted by molar-refractivity contribution is 8.13. The van der Waals surface area contributed by atoms with Crippen LogP contribution in [0.5, 0.6) is 0 Å². The Labute approximate surface area is 124 Å². The highest BCUT2D eigenvalue weighted by Crippen LogP contribution is 2.24. The van der Waals surface area contributed by atoms with Crippen LogP contribution in [0.3, 0.4) is 0 Å². The zero-order valence-corrected chi connectivity index (χ0v) is 13.5. The Hall–Kier alpha value is -1.49. The lowest BCUT2D eigenvalue weighted by atomic mass is 9.98. The zero-order chi connectivity index (χ0) is 15.3. The Morgan fingerprint density at radius 2 is 1.85 bits per heavy atom. The molecule has 0 atom stereocenters. The number of nitrogens with zero attached hydrogens (tertiary/aromatic N) is 1. The second-order valence-electron chi connectivity index (χ2n) is 5.63. The van der Waals surface area contributed by atoms with Crippen LogP contribution >= 0.6 is 11.8 Å². The first kappa shape index (κ1) is 16.6. The Balaban J connectivity index is 2.61. The van der Waals surface area contributed by atoms with Gasteiger partial charge in [-0.2, -0.15) is 0 Å². The standard InChI is InChI=1S/C15H22N2O2S/c1-10-7-6-8-11(2)12(10)17-14(16)20-9-19-13(18)15(3,4)5/h6-8H,9H2,1-5H3,(H2,16,17). The summed E-state index contributed by atoms with van der Waals surface area (Å²) in [7, 11) is 0. The predicted octanol–water partition coefficient (Wildman–Crippen LogP) is 3.53. The number of para-hydroxylation sites is 1. The van der Waals surface area contributed by atoms with Crippen molar-refractivity contribution in [1.82, 2.24) is 0 Å². The number of ether oxygens (including phenoxy) is 1. The Morgan fingerprint density at radius 3 is 2.35 bits per heavy atom. The van der Waals surface area contributed by atoms with Gasteiger partial charge in [-0.1, -0.05) is 18.2 Å². The van der Waals surface area contributed by atoms with Crippen LogP contribution in [-0.2, 0) is 9.53 Å². The van der Waals surface area contributed by atoms with Crippen LogP contribution in [0, 0.1) is 19.3 Å². The van der Waals surface area contributed by atoms with Gasteiger partial charge in [-0.15, -0.1) is 0 Å². The molecule has 0 fully saturated rings. The van der Waals surface area contributed by atoms with E-state index in [2.05, 4.69) is 4.99 Å². The minimum Gasteiger partial charge on any atom is -0.454 e. The summed E-state index contributed by atoms with van der Waals surface area (Å²) in [5, 5.41) is 0.393. The first-order valence-electron chi connectivity index (χ1n) is 6.42. The summed E-state index contributed by atoms with van der Waals surface area (Å²) in [5.41, 5.74) is 8.37. The van der Waals surface area contributed by atoms with Gasteiger partial charge in [-0.25, -0.2) is 4.99 Å². The fourth-order valence-corrected chi connectivity index (χ4v) is 1.93. The summed E-state index contributed by atoms with van der Waals surface area (Å²) in [6.45, 7) is 9.42. The van der Waals surface area contributed by atoms with Crippen molar-refractivity contribution in [2.75, 3.05) is 5.94 Å². The van der Waals surface area contributed by atoms with Crippen LogP contribution in [0.15, 0.2) is 23.2 Å². The Bertz CT molecular complexity index is 499. The largest absolute Gasteiger partial charge is 0.454 e. The van der Waals surface area contributed by atoms with E-state index in [1.54, 1.807) is 0 Å². The highest BCUT2D eigenvalue weighted by Gasteiger charge is 2.22. The third-order valence-electron chi connectivity index (χ3n) is 2.67. The average molecular weight is 294 g/mol. The molecule has 0 aliphatic rings. The second kappa shape index (κ2) is 6.79. The monoisotopic (exact) mass is 294 g/mol. The molecule has 0 saturated heterocycles. The first-order chi connectivity index (χ1) is 9.21. The summed E-state index contributed by atoms with van der Waals surface area (Å²) in [6.07, 6.45) is 0. The summed E-state index contributed by atoms with van der Waals surface area (Å²) >= 11 is 1.22. The van der Waals surface area contributed by atoms with E-state index in [1.807, 2.05) is 52.8 Å². The van der Waals surface area contributed by atoms with Crippen LogP contribution in [0.2, 0.25) is 0 Å². The predicted molar refractivity (Wildman–Crippen MR) is 85.2 cm³/mol. The van der Waals surface area contributed by atoms with Gasteiger partial charge in [0.25, 0.3) is 0 Å². The van der Waals surface area contributed by atoms with Gasteiger partial charge < -0.3 is 10.5 Å². The number of carbonyl (C=O) groups is 1. The maximum atomic E-state index is 11.6. The molecule has 0 radical (unpaired) electrons. The lowest BCUT2D eigenvalue weighted by Gasteiger charge is -2.16. The molecule has 110 valence electrons. The van der Waals surface area contributed by atoms with Crippen LogP contribution < -0.4 is 5.73 Å². The van der Waals surface area contributed by atoms with E-state index in [4.69, 9.17) is 10.5 Å². The van der Waals surface area contributed by atoms with Gasteiger partial charge in [0.15, 0.2) is 5.17 Å². The third-order valence-corrected chi connectivity index (χ3v) is 3.29. The molecule has 0 bridgehead atoms. The number of rotatable bonds is 3. The minimum atomic E-state index is -0.501. The summed E-state index contributed by atoms with van der Waals surface area (Å²) in [5.74, 6) is -0.0685. The number of benzene rings is 1. The Kier molecular flexibility index (Phi) is 5.62. The van der Waals surface area contributed by atoms with Crippen LogP contribution in [0.1, 0.15) is 31.9 Å². The molecular weight excluding hydrogens is 272 g/mol. The van der Waals surface area contributed by atoms with E-state index in [9.17, 15) is 4.79 Å². The first-order valence-corrected chi connectivity index (χ1v) is 7.41. The fourth-order valence-electron chi connectivity index (χ4n) is 1.48. The number of thioether (sulfide) groups is 1. The maximum absolute atomic E-state index is 11.6. The van der Waals surface area contributed by atoms with Gasteiger partial charge in [0, 0.05) is 0 Å². The van der Waals surface area contributed by atoms with Gasteiger partial charge in [0.2, 0.25) is 0 Å². The molecule has 0 aliphatic heterocycles. The topological polar surface area (TPSA) is 64.7 Å². The van der Waals surface area contributed by atoms with Crippen molar-refractivity contribution in [2.45, 2.75) is 34.6 Å². The molecule has 0 spiro atoms. The Morgan fingerprint density at radius 1 is 1.30 bits per heavy atom. The molecule has 1 aromatic carbocycles. The molecule has 1 rings (SSSR count). The van der Waals surface area contributed by atoms with E-state index in [0.29, 0.717) is 5.17 Å². The molecule has 0 unspecified atom stereocenters. The second-order valence-corrected chi connectivity index (χ2v) is 6.58. The number of carbonyl (C=O) groups excluding carboxylic acids is 1. The van der Waals surface area contributed by atoms with E-state index < -0.39 is 5.41 Å². The van der Waals surface area contributed by atoms with Gasteiger partial charge in [0.1, 0.15) is 5.94 Å². The van der Waals surface area contributed by atoms with Crippen molar-refractivity contribution >= 4 is 28.6 Å². The van der Waals surface area contributed by atoms with Gasteiger partial charge >= 0.3 is 5.97 Å². The number of aryl methyl sites for hydroxylation is 2. The third kappa shape index (κ3) is 4.89. The molecule has 0 saturated carbocycles. The summed E-state index contributed by atoms with van der Waals surface area (Å²) in [4.78, 5) is 16.0. The van der Waals surface area contributed by atoms with E-state index in [0.717, 1.165) is 16.8 Å². The van der Waals surface area contributed by atoms with E-state index in [-0.39, 0.29) is 11.9 Å². The highest BCUT2D eigenvalue weighted by atomic mass is 32.2. The molecule has 20 heavy (non-hydrogen) atoms. The number of esters is 1. The molecular formula is C15H22N2O2S. The molecule has 0 amide bonds. The fraction of sp³-hybridized carbons (Fsp3) is 0.467. The average Bonchev–Trinajstić information content (AvgIpc) is 2.32. The van der Waals surface area contributed by atoms with E-state index in [1.165, 1.54) is 11.8 Å².